The molecule has 0 aliphatic carbocycles. The molecular formula is C22H26N2O4. The Morgan fingerprint density at radius 1 is 1.07 bits per heavy atom. The molecule has 2 aliphatic rings. The van der Waals surface area contributed by atoms with Gasteiger partial charge >= 0.3 is 0 Å². The molecule has 2 saturated heterocycles. The van der Waals surface area contributed by atoms with Gasteiger partial charge in [0.1, 0.15) is 18.1 Å². The van der Waals surface area contributed by atoms with E-state index in [4.69, 9.17) is 9.47 Å². The highest BCUT2D eigenvalue weighted by atomic mass is 16.5. The highest BCUT2D eigenvalue weighted by Gasteiger charge is 2.26. The minimum atomic E-state index is -0.0140. The predicted octanol–water partition coefficient (Wildman–Crippen LogP) is 2.91. The number of piperazine rings is 1. The number of phenols is 1. The monoisotopic (exact) mass is 382 g/mol. The number of anilines is 1. The minimum Gasteiger partial charge on any atom is -0.506 e. The van der Waals surface area contributed by atoms with Crippen LogP contribution in [0.4, 0.5) is 5.69 Å². The molecule has 2 fully saturated rings. The maximum Gasteiger partial charge on any atom is 0.257 e. The number of aromatic hydroxyl groups is 1. The molecule has 2 aliphatic heterocycles. The lowest BCUT2D eigenvalue weighted by molar-refractivity contribution is 0.0648. The van der Waals surface area contributed by atoms with E-state index in [0.717, 1.165) is 25.1 Å². The number of hydrogen-bond acceptors (Lipinski definition) is 5. The number of ether oxygens (including phenoxy) is 2. The van der Waals surface area contributed by atoms with Gasteiger partial charge in [-0.25, -0.2) is 0 Å². The van der Waals surface area contributed by atoms with Crippen LogP contribution in [0.15, 0.2) is 48.5 Å². The van der Waals surface area contributed by atoms with E-state index in [2.05, 4.69) is 4.90 Å². The van der Waals surface area contributed by atoms with Gasteiger partial charge in [0.2, 0.25) is 0 Å². The second-order valence-corrected chi connectivity index (χ2v) is 7.21. The van der Waals surface area contributed by atoms with Gasteiger partial charge in [0.05, 0.1) is 17.4 Å². The van der Waals surface area contributed by atoms with E-state index in [1.54, 1.807) is 6.07 Å². The SMILES string of the molecule is O=C(c1ccccc1OCC1CCCO1)N1CCN(c2ccccc2O)CC1. The quantitative estimate of drug-likeness (QED) is 0.862. The molecule has 6 nitrogen and oxygen atoms in total. The number of benzene rings is 2. The summed E-state index contributed by atoms with van der Waals surface area (Å²) in [6.45, 7) is 3.84. The zero-order valence-corrected chi connectivity index (χ0v) is 15.9. The van der Waals surface area contributed by atoms with Crippen molar-refractivity contribution >= 4 is 11.6 Å². The summed E-state index contributed by atoms with van der Waals surface area (Å²) < 4.78 is 11.5. The van der Waals surface area contributed by atoms with Crippen LogP contribution < -0.4 is 9.64 Å². The molecule has 0 bridgehead atoms. The summed E-state index contributed by atoms with van der Waals surface area (Å²) in [6.07, 6.45) is 2.19. The Labute approximate surface area is 165 Å². The van der Waals surface area contributed by atoms with Gasteiger partial charge in [-0.05, 0) is 37.1 Å². The molecule has 2 heterocycles. The molecule has 2 aromatic carbocycles. The highest BCUT2D eigenvalue weighted by Crippen LogP contribution is 2.28. The number of para-hydroxylation sites is 3. The van der Waals surface area contributed by atoms with Crippen molar-refractivity contribution in [1.82, 2.24) is 4.90 Å². The van der Waals surface area contributed by atoms with Crippen LogP contribution in [0.3, 0.4) is 0 Å². The van der Waals surface area contributed by atoms with Crippen LogP contribution in [0.5, 0.6) is 11.5 Å². The van der Waals surface area contributed by atoms with Crippen molar-refractivity contribution in [2.24, 2.45) is 0 Å². The average molecular weight is 382 g/mol. The summed E-state index contributed by atoms with van der Waals surface area (Å²) in [4.78, 5) is 17.0. The van der Waals surface area contributed by atoms with E-state index in [-0.39, 0.29) is 17.8 Å². The van der Waals surface area contributed by atoms with Crippen LogP contribution in [0, 0.1) is 0 Å². The van der Waals surface area contributed by atoms with Crippen LogP contribution in [0.1, 0.15) is 23.2 Å². The van der Waals surface area contributed by atoms with Gasteiger partial charge in [0.25, 0.3) is 5.91 Å². The molecule has 0 aromatic heterocycles. The lowest BCUT2D eigenvalue weighted by atomic mass is 10.1. The van der Waals surface area contributed by atoms with Gasteiger partial charge in [-0.2, -0.15) is 0 Å². The number of nitrogens with zero attached hydrogens (tertiary/aromatic N) is 2. The summed E-state index contributed by atoms with van der Waals surface area (Å²) in [5.41, 5.74) is 1.41. The molecular weight excluding hydrogens is 356 g/mol. The van der Waals surface area contributed by atoms with Gasteiger partial charge in [0, 0.05) is 32.8 Å². The number of rotatable bonds is 5. The largest absolute Gasteiger partial charge is 0.506 e. The Bertz CT molecular complexity index is 812. The standard InChI is InChI=1S/C22H26N2O4/c25-20-9-3-2-8-19(20)23-11-13-24(14-12-23)22(26)18-7-1-4-10-21(18)28-16-17-6-5-15-27-17/h1-4,7-10,17,25H,5-6,11-16H2. The number of phenolic OH excluding ortho intramolecular Hbond substituents is 1. The first-order valence-corrected chi connectivity index (χ1v) is 9.88. The first kappa shape index (κ1) is 18.6. The van der Waals surface area contributed by atoms with Crippen LogP contribution in [0.25, 0.3) is 0 Å². The van der Waals surface area contributed by atoms with E-state index < -0.39 is 0 Å². The fraction of sp³-hybridized carbons (Fsp3) is 0.409. The lowest BCUT2D eigenvalue weighted by Crippen LogP contribution is -2.48. The Morgan fingerprint density at radius 2 is 1.82 bits per heavy atom. The Balaban J connectivity index is 1.39. The van der Waals surface area contributed by atoms with Gasteiger partial charge in [-0.3, -0.25) is 4.79 Å². The summed E-state index contributed by atoms with van der Waals surface area (Å²) in [7, 11) is 0. The summed E-state index contributed by atoms with van der Waals surface area (Å²) in [5.74, 6) is 0.876. The molecule has 148 valence electrons. The smallest absolute Gasteiger partial charge is 0.257 e. The van der Waals surface area contributed by atoms with E-state index in [1.165, 1.54) is 0 Å². The van der Waals surface area contributed by atoms with Crippen LogP contribution in [0.2, 0.25) is 0 Å². The van der Waals surface area contributed by atoms with Crippen LogP contribution in [-0.2, 0) is 4.74 Å². The maximum atomic E-state index is 13.1. The zero-order chi connectivity index (χ0) is 19.3. The average Bonchev–Trinajstić information content (AvgIpc) is 3.26. The Kier molecular flexibility index (Phi) is 5.67. The van der Waals surface area contributed by atoms with Gasteiger partial charge in [0.15, 0.2) is 0 Å². The normalized spacial score (nSPS) is 19.6. The minimum absolute atomic E-state index is 0.0140. The third-order valence-corrected chi connectivity index (χ3v) is 5.36. The van der Waals surface area contributed by atoms with Crippen molar-refractivity contribution in [2.45, 2.75) is 18.9 Å². The Morgan fingerprint density at radius 3 is 2.57 bits per heavy atom. The highest BCUT2D eigenvalue weighted by molar-refractivity contribution is 5.97. The third kappa shape index (κ3) is 4.07. The third-order valence-electron chi connectivity index (χ3n) is 5.36. The number of carbonyl (C=O) groups is 1. The van der Waals surface area contributed by atoms with Crippen molar-refractivity contribution in [3.63, 3.8) is 0 Å². The van der Waals surface area contributed by atoms with E-state index >= 15 is 0 Å². The van der Waals surface area contributed by atoms with Crippen molar-refractivity contribution in [3.05, 3.63) is 54.1 Å². The van der Waals surface area contributed by atoms with Gasteiger partial charge in [-0.15, -0.1) is 0 Å². The van der Waals surface area contributed by atoms with Gasteiger partial charge in [-0.1, -0.05) is 24.3 Å². The molecule has 0 radical (unpaired) electrons. The first-order valence-electron chi connectivity index (χ1n) is 9.88. The molecule has 0 spiro atoms. The molecule has 0 saturated carbocycles. The second kappa shape index (κ2) is 8.52. The van der Waals surface area contributed by atoms with Crippen molar-refractivity contribution in [1.29, 1.82) is 0 Å². The molecule has 4 rings (SSSR count). The van der Waals surface area contributed by atoms with Crippen molar-refractivity contribution < 1.29 is 19.4 Å². The van der Waals surface area contributed by atoms with Gasteiger partial charge < -0.3 is 24.4 Å². The molecule has 6 heteroatoms. The number of carbonyl (C=O) groups excluding carboxylic acids is 1. The number of amides is 1. The molecule has 2 aromatic rings. The molecule has 1 unspecified atom stereocenters. The fourth-order valence-corrected chi connectivity index (χ4v) is 3.78. The topological polar surface area (TPSA) is 62.2 Å². The summed E-state index contributed by atoms with van der Waals surface area (Å²) in [6, 6.07) is 14.7. The van der Waals surface area contributed by atoms with Crippen molar-refractivity contribution in [2.75, 3.05) is 44.3 Å². The predicted molar refractivity (Wildman–Crippen MR) is 107 cm³/mol. The Hall–Kier alpha value is -2.73. The lowest BCUT2D eigenvalue weighted by Gasteiger charge is -2.36. The molecule has 1 atom stereocenters. The fourth-order valence-electron chi connectivity index (χ4n) is 3.78. The summed E-state index contributed by atoms with van der Waals surface area (Å²) >= 11 is 0. The zero-order valence-electron chi connectivity index (χ0n) is 15.9. The first-order chi connectivity index (χ1) is 13.7. The molecule has 1 N–H and O–H groups in total. The second-order valence-electron chi connectivity index (χ2n) is 7.21. The number of hydrogen-bond donors (Lipinski definition) is 1. The van der Waals surface area contributed by atoms with E-state index in [0.29, 0.717) is 44.1 Å². The van der Waals surface area contributed by atoms with Crippen LogP contribution >= 0.6 is 0 Å². The molecule has 28 heavy (non-hydrogen) atoms. The summed E-state index contributed by atoms with van der Waals surface area (Å²) in [5, 5.41) is 10.1. The van der Waals surface area contributed by atoms with E-state index in [9.17, 15) is 9.90 Å². The van der Waals surface area contributed by atoms with Crippen LogP contribution in [-0.4, -0.2) is 61.4 Å². The molecule has 1 amide bonds. The maximum absolute atomic E-state index is 13.1. The van der Waals surface area contributed by atoms with Crippen molar-refractivity contribution in [3.8, 4) is 11.5 Å². The van der Waals surface area contributed by atoms with E-state index in [1.807, 2.05) is 47.4 Å².